The standard InChI is InChI=1S/C10H19NO/c12-10-6-2-1-5-9(10)11-7-3-4-8-11/h9-10,12H,1-8H2/t9-,10+/m0/s1. The molecule has 1 N–H and O–H groups in total. The van der Waals surface area contributed by atoms with Gasteiger partial charge in [-0.25, -0.2) is 0 Å². The quantitative estimate of drug-likeness (QED) is 0.641. The lowest BCUT2D eigenvalue weighted by atomic mass is 9.91. The van der Waals surface area contributed by atoms with Crippen molar-refractivity contribution in [3.8, 4) is 0 Å². The van der Waals surface area contributed by atoms with Crippen LogP contribution in [-0.2, 0) is 0 Å². The van der Waals surface area contributed by atoms with Crippen LogP contribution in [0.25, 0.3) is 0 Å². The summed E-state index contributed by atoms with van der Waals surface area (Å²) < 4.78 is 0. The molecule has 1 aliphatic carbocycles. The Morgan fingerprint density at radius 2 is 1.58 bits per heavy atom. The smallest absolute Gasteiger partial charge is 0.0695 e. The molecule has 1 saturated heterocycles. The Kier molecular flexibility index (Phi) is 2.66. The minimum atomic E-state index is -0.0307. The lowest BCUT2D eigenvalue weighted by Gasteiger charge is -2.34. The largest absolute Gasteiger partial charge is 0.391 e. The second-order valence-corrected chi connectivity index (χ2v) is 4.16. The fourth-order valence-corrected chi connectivity index (χ4v) is 2.59. The van der Waals surface area contributed by atoms with Crippen LogP contribution in [0.15, 0.2) is 0 Å². The van der Waals surface area contributed by atoms with Crippen LogP contribution in [0.3, 0.4) is 0 Å². The first-order valence-corrected chi connectivity index (χ1v) is 5.30. The van der Waals surface area contributed by atoms with E-state index in [1.54, 1.807) is 0 Å². The zero-order chi connectivity index (χ0) is 8.39. The summed E-state index contributed by atoms with van der Waals surface area (Å²) in [5.74, 6) is 0. The number of hydrogen-bond acceptors (Lipinski definition) is 2. The van der Waals surface area contributed by atoms with Crippen molar-refractivity contribution in [3.05, 3.63) is 0 Å². The summed E-state index contributed by atoms with van der Waals surface area (Å²) in [5.41, 5.74) is 0. The molecule has 0 aromatic rings. The van der Waals surface area contributed by atoms with E-state index >= 15 is 0 Å². The molecule has 0 aromatic carbocycles. The fourth-order valence-electron chi connectivity index (χ4n) is 2.59. The van der Waals surface area contributed by atoms with Crippen molar-refractivity contribution in [2.75, 3.05) is 13.1 Å². The minimum Gasteiger partial charge on any atom is -0.391 e. The molecular weight excluding hydrogens is 150 g/mol. The molecule has 0 aromatic heterocycles. The van der Waals surface area contributed by atoms with Gasteiger partial charge in [-0.15, -0.1) is 0 Å². The first kappa shape index (κ1) is 8.52. The van der Waals surface area contributed by atoms with Gasteiger partial charge in [0, 0.05) is 6.04 Å². The molecule has 2 atom stereocenters. The molecular formula is C10H19NO. The normalized spacial score (nSPS) is 38.8. The first-order valence-electron chi connectivity index (χ1n) is 5.30. The molecule has 1 heterocycles. The summed E-state index contributed by atoms with van der Waals surface area (Å²) in [6.45, 7) is 2.45. The third-order valence-electron chi connectivity index (χ3n) is 3.30. The average molecular weight is 169 g/mol. The predicted molar refractivity (Wildman–Crippen MR) is 49.1 cm³/mol. The van der Waals surface area contributed by atoms with Gasteiger partial charge in [-0.3, -0.25) is 4.90 Å². The second-order valence-electron chi connectivity index (χ2n) is 4.16. The van der Waals surface area contributed by atoms with Gasteiger partial charge >= 0.3 is 0 Å². The number of likely N-dealkylation sites (tertiary alicyclic amines) is 1. The Hall–Kier alpha value is -0.0800. The van der Waals surface area contributed by atoms with Crippen molar-refractivity contribution in [1.82, 2.24) is 4.90 Å². The van der Waals surface area contributed by atoms with E-state index in [0.29, 0.717) is 6.04 Å². The number of aliphatic hydroxyl groups excluding tert-OH is 1. The molecule has 2 fully saturated rings. The molecule has 1 saturated carbocycles. The number of rotatable bonds is 1. The van der Waals surface area contributed by atoms with Crippen LogP contribution in [0.4, 0.5) is 0 Å². The molecule has 12 heavy (non-hydrogen) atoms. The molecule has 0 radical (unpaired) electrons. The molecule has 2 nitrogen and oxygen atoms in total. The molecule has 70 valence electrons. The van der Waals surface area contributed by atoms with Gasteiger partial charge in [0.25, 0.3) is 0 Å². The van der Waals surface area contributed by atoms with Crippen LogP contribution >= 0.6 is 0 Å². The summed E-state index contributed by atoms with van der Waals surface area (Å²) in [4.78, 5) is 2.49. The van der Waals surface area contributed by atoms with E-state index < -0.39 is 0 Å². The summed E-state index contributed by atoms with van der Waals surface area (Å²) in [6, 6.07) is 0.501. The molecule has 0 bridgehead atoms. The van der Waals surface area contributed by atoms with Crippen LogP contribution < -0.4 is 0 Å². The average Bonchev–Trinajstić information content (AvgIpc) is 2.57. The number of aliphatic hydroxyl groups is 1. The van der Waals surface area contributed by atoms with Crippen LogP contribution in [0, 0.1) is 0 Å². The van der Waals surface area contributed by atoms with E-state index in [0.717, 1.165) is 6.42 Å². The van der Waals surface area contributed by atoms with Crippen molar-refractivity contribution >= 4 is 0 Å². The van der Waals surface area contributed by atoms with Crippen molar-refractivity contribution in [2.24, 2.45) is 0 Å². The molecule has 1 aliphatic heterocycles. The molecule has 0 amide bonds. The third-order valence-corrected chi connectivity index (χ3v) is 3.30. The van der Waals surface area contributed by atoms with Crippen molar-refractivity contribution in [3.63, 3.8) is 0 Å². The topological polar surface area (TPSA) is 23.5 Å². The highest BCUT2D eigenvalue weighted by atomic mass is 16.3. The lowest BCUT2D eigenvalue weighted by Crippen LogP contribution is -2.43. The summed E-state index contributed by atoms with van der Waals surface area (Å²) in [7, 11) is 0. The Labute approximate surface area is 74.6 Å². The monoisotopic (exact) mass is 169 g/mol. The van der Waals surface area contributed by atoms with Crippen LogP contribution in [0.5, 0.6) is 0 Å². The molecule has 0 unspecified atom stereocenters. The maximum atomic E-state index is 9.79. The van der Waals surface area contributed by atoms with E-state index in [2.05, 4.69) is 4.90 Å². The predicted octanol–water partition coefficient (Wildman–Crippen LogP) is 1.39. The SMILES string of the molecule is O[C@@H]1CCCC[C@@H]1N1CCCC1. The van der Waals surface area contributed by atoms with Gasteiger partial charge < -0.3 is 5.11 Å². The van der Waals surface area contributed by atoms with Gasteiger partial charge in [-0.05, 0) is 38.8 Å². The van der Waals surface area contributed by atoms with Gasteiger partial charge in [-0.2, -0.15) is 0 Å². The van der Waals surface area contributed by atoms with E-state index in [-0.39, 0.29) is 6.10 Å². The molecule has 2 rings (SSSR count). The maximum absolute atomic E-state index is 9.79. The van der Waals surface area contributed by atoms with Crippen molar-refractivity contribution < 1.29 is 5.11 Å². The molecule has 2 heteroatoms. The summed E-state index contributed by atoms with van der Waals surface area (Å²) in [6.07, 6.45) is 7.44. The van der Waals surface area contributed by atoms with Gasteiger partial charge in [0.15, 0.2) is 0 Å². The maximum Gasteiger partial charge on any atom is 0.0695 e. The second kappa shape index (κ2) is 3.75. The Bertz CT molecular complexity index is 143. The third kappa shape index (κ3) is 1.64. The number of nitrogens with zero attached hydrogens (tertiary/aromatic N) is 1. The molecule has 0 spiro atoms. The number of hydrogen-bond donors (Lipinski definition) is 1. The summed E-state index contributed by atoms with van der Waals surface area (Å²) in [5, 5.41) is 9.79. The van der Waals surface area contributed by atoms with Crippen molar-refractivity contribution in [2.45, 2.75) is 50.7 Å². The van der Waals surface area contributed by atoms with Gasteiger partial charge in [0.05, 0.1) is 6.10 Å². The highest BCUT2D eigenvalue weighted by molar-refractivity contribution is 4.85. The summed E-state index contributed by atoms with van der Waals surface area (Å²) >= 11 is 0. The van der Waals surface area contributed by atoms with E-state index in [9.17, 15) is 5.11 Å². The highest BCUT2D eigenvalue weighted by Gasteiger charge is 2.29. The fraction of sp³-hybridized carbons (Fsp3) is 1.00. The van der Waals surface area contributed by atoms with Crippen molar-refractivity contribution in [1.29, 1.82) is 0 Å². The van der Waals surface area contributed by atoms with Crippen LogP contribution in [0.1, 0.15) is 38.5 Å². The minimum absolute atomic E-state index is 0.0307. The first-order chi connectivity index (χ1) is 5.88. The van der Waals surface area contributed by atoms with Gasteiger partial charge in [0.2, 0.25) is 0 Å². The molecule has 2 aliphatic rings. The van der Waals surface area contributed by atoms with Gasteiger partial charge in [-0.1, -0.05) is 12.8 Å². The Morgan fingerprint density at radius 1 is 0.917 bits per heavy atom. The zero-order valence-corrected chi connectivity index (χ0v) is 7.71. The van der Waals surface area contributed by atoms with Gasteiger partial charge in [0.1, 0.15) is 0 Å². The van der Waals surface area contributed by atoms with Crippen LogP contribution in [0.2, 0.25) is 0 Å². The zero-order valence-electron chi connectivity index (χ0n) is 7.71. The van der Waals surface area contributed by atoms with E-state index in [4.69, 9.17) is 0 Å². The Balaban J connectivity index is 1.91. The lowest BCUT2D eigenvalue weighted by molar-refractivity contribution is 0.0312. The van der Waals surface area contributed by atoms with E-state index in [1.807, 2.05) is 0 Å². The van der Waals surface area contributed by atoms with Crippen LogP contribution in [-0.4, -0.2) is 35.2 Å². The highest BCUT2D eigenvalue weighted by Crippen LogP contribution is 2.25. The Morgan fingerprint density at radius 3 is 2.25 bits per heavy atom. The van der Waals surface area contributed by atoms with E-state index in [1.165, 1.54) is 45.2 Å².